The van der Waals surface area contributed by atoms with Crippen molar-refractivity contribution in [2.75, 3.05) is 32.7 Å². The zero-order valence-electron chi connectivity index (χ0n) is 29.9. The third-order valence-corrected chi connectivity index (χ3v) is 9.53. The molecule has 2 aliphatic heterocycles. The molecule has 2 aromatic carbocycles. The third kappa shape index (κ3) is 8.07. The number of rotatable bonds is 13. The molecule has 3 heterocycles. The number of esters is 1. The number of nitrogens with zero attached hydrogens (tertiary/aromatic N) is 1. The number of hydrogen-bond acceptors (Lipinski definition) is 17. The summed E-state index contributed by atoms with van der Waals surface area (Å²) in [6.07, 6.45) is -1.62. The van der Waals surface area contributed by atoms with Gasteiger partial charge < -0.3 is 53.7 Å². The number of thioether (sulfide) groups is 1. The smallest absolute Gasteiger partial charge is 0.508 e. The van der Waals surface area contributed by atoms with Crippen LogP contribution in [0.4, 0.5) is 9.59 Å². The second-order valence-corrected chi connectivity index (χ2v) is 12.7. The molecule has 2 aliphatic rings. The number of fused-ring (bicyclic) bond motifs is 2. The lowest BCUT2D eigenvalue weighted by molar-refractivity contribution is -0.193. The molecule has 3 amide bonds. The standard InChI is InChI=1S/C35H33N3O17S/c1-5-50-33(47)54-23-11-20-22(12-24(23)55-34(48)51-6-2)53-14-21(27(20)41)28(42)36-25(17-7-9-19(40)10-8-17)29(43)37-35(49-4)31(46)38-26(30(44)45)18(13-52-16(3)39)15-56-32(35)38/h7-12,14,25,32,40H,5-6,13,15H2,1-4H3,(H,36,42)(H,37,43)(H,44,45)/t25?,32-,35-/m0/s1. The number of benzene rings is 2. The van der Waals surface area contributed by atoms with Gasteiger partial charge in [0.05, 0.1) is 18.6 Å². The van der Waals surface area contributed by atoms with Gasteiger partial charge in [-0.05, 0) is 37.6 Å². The summed E-state index contributed by atoms with van der Waals surface area (Å²) in [6.45, 7) is 3.62. The van der Waals surface area contributed by atoms with Gasteiger partial charge in [-0.25, -0.2) is 14.4 Å². The molecule has 0 radical (unpaired) electrons. The first kappa shape index (κ1) is 40.6. The van der Waals surface area contributed by atoms with Crippen molar-refractivity contribution in [1.82, 2.24) is 15.5 Å². The summed E-state index contributed by atoms with van der Waals surface area (Å²) < 4.78 is 35.7. The second-order valence-electron chi connectivity index (χ2n) is 11.6. The van der Waals surface area contributed by atoms with Gasteiger partial charge in [0.1, 0.15) is 46.9 Å². The van der Waals surface area contributed by atoms with E-state index in [2.05, 4.69) is 10.6 Å². The quantitative estimate of drug-likeness (QED) is 0.0635. The van der Waals surface area contributed by atoms with E-state index < -0.39 is 93.9 Å². The van der Waals surface area contributed by atoms with Gasteiger partial charge in [0.2, 0.25) is 11.3 Å². The number of carboxylic acids is 1. The Morgan fingerprint density at radius 2 is 1.61 bits per heavy atom. The van der Waals surface area contributed by atoms with Crippen LogP contribution in [0.1, 0.15) is 42.7 Å². The minimum atomic E-state index is -2.14. The van der Waals surface area contributed by atoms with Gasteiger partial charge in [0.15, 0.2) is 11.5 Å². The Morgan fingerprint density at radius 1 is 0.982 bits per heavy atom. The molecule has 0 bridgehead atoms. The first-order valence-electron chi connectivity index (χ1n) is 16.4. The van der Waals surface area contributed by atoms with Crippen LogP contribution in [0.2, 0.25) is 0 Å². The van der Waals surface area contributed by atoms with Gasteiger partial charge in [-0.1, -0.05) is 12.1 Å². The highest BCUT2D eigenvalue weighted by Gasteiger charge is 2.67. The van der Waals surface area contributed by atoms with Crippen molar-refractivity contribution in [3.63, 3.8) is 0 Å². The fraction of sp³-hybridized carbons (Fsp3) is 0.314. The predicted molar refractivity (Wildman–Crippen MR) is 188 cm³/mol. The molecule has 1 fully saturated rings. The molecule has 1 aromatic heterocycles. The summed E-state index contributed by atoms with van der Waals surface area (Å²) in [5, 5.41) is 23.3. The van der Waals surface area contributed by atoms with Crippen molar-refractivity contribution in [1.29, 1.82) is 0 Å². The SMILES string of the molecule is CCOC(=O)Oc1cc2occ(C(=O)NC(C(=O)N[C@]3(OC)C(=O)N4C(C(=O)O)=C(COC(C)=O)CS[C@H]43)c3ccc(O)cc3)c(=O)c2cc1OC(=O)OCC. The van der Waals surface area contributed by atoms with Crippen LogP contribution in [0.25, 0.3) is 11.0 Å². The van der Waals surface area contributed by atoms with E-state index in [4.69, 9.17) is 32.8 Å². The number of amides is 3. The Morgan fingerprint density at radius 3 is 2.18 bits per heavy atom. The molecule has 56 heavy (non-hydrogen) atoms. The van der Waals surface area contributed by atoms with Gasteiger partial charge in [-0.15, -0.1) is 11.8 Å². The number of carbonyl (C=O) groups excluding carboxylic acids is 6. The van der Waals surface area contributed by atoms with Crippen molar-refractivity contribution in [3.8, 4) is 17.2 Å². The van der Waals surface area contributed by atoms with Gasteiger partial charge in [-0.2, -0.15) is 0 Å². The molecule has 4 N–H and O–H groups in total. The fourth-order valence-corrected chi connectivity index (χ4v) is 7.02. The van der Waals surface area contributed by atoms with Crippen molar-refractivity contribution >= 4 is 64.7 Å². The molecule has 3 atom stereocenters. The molecule has 0 saturated carbocycles. The van der Waals surface area contributed by atoms with Crippen LogP contribution in [0.3, 0.4) is 0 Å². The van der Waals surface area contributed by atoms with Crippen LogP contribution in [0, 0.1) is 0 Å². The summed E-state index contributed by atoms with van der Waals surface area (Å²) in [7, 11) is 1.10. The number of nitrogens with one attached hydrogen (secondary N) is 2. The predicted octanol–water partition coefficient (Wildman–Crippen LogP) is 2.32. The Balaban J connectivity index is 1.47. The lowest BCUT2D eigenvalue weighted by Gasteiger charge is -2.56. The van der Waals surface area contributed by atoms with Crippen molar-refractivity contribution in [2.24, 2.45) is 0 Å². The van der Waals surface area contributed by atoms with E-state index >= 15 is 0 Å². The Labute approximate surface area is 319 Å². The average molecular weight is 800 g/mol. The minimum Gasteiger partial charge on any atom is -0.508 e. The van der Waals surface area contributed by atoms with E-state index in [0.29, 0.717) is 0 Å². The topological polar surface area (TPSA) is 273 Å². The van der Waals surface area contributed by atoms with E-state index in [1.165, 1.54) is 38.1 Å². The maximum Gasteiger partial charge on any atom is 0.513 e. The van der Waals surface area contributed by atoms with Crippen molar-refractivity contribution in [3.05, 3.63) is 75.3 Å². The second kappa shape index (κ2) is 16.8. The number of β-lactam (4-membered cyclic amide) rings is 1. The van der Waals surface area contributed by atoms with E-state index in [1.807, 2.05) is 0 Å². The number of hydrogen-bond donors (Lipinski definition) is 4. The lowest BCUT2D eigenvalue weighted by Crippen LogP contribution is -2.81. The van der Waals surface area contributed by atoms with Gasteiger partial charge in [0, 0.05) is 31.4 Å². The molecular formula is C35H33N3O17S. The molecule has 5 rings (SSSR count). The monoisotopic (exact) mass is 799 g/mol. The zero-order chi connectivity index (χ0) is 40.9. The first-order valence-corrected chi connectivity index (χ1v) is 17.5. The Bertz CT molecular complexity index is 2200. The molecule has 0 spiro atoms. The number of carboxylic acid groups (broad SMARTS) is 1. The molecule has 296 valence electrons. The third-order valence-electron chi connectivity index (χ3n) is 8.15. The average Bonchev–Trinajstić information content (AvgIpc) is 3.15. The number of phenolic OH excluding ortho intramolecular Hbond substituents is 1. The van der Waals surface area contributed by atoms with Crippen molar-refractivity contribution < 1.29 is 76.6 Å². The lowest BCUT2D eigenvalue weighted by atomic mass is 9.96. The maximum absolute atomic E-state index is 14.1. The highest BCUT2D eigenvalue weighted by molar-refractivity contribution is 8.00. The molecule has 0 aliphatic carbocycles. The molecule has 1 saturated heterocycles. The van der Waals surface area contributed by atoms with E-state index in [-0.39, 0.29) is 46.8 Å². The van der Waals surface area contributed by atoms with Gasteiger partial charge in [-0.3, -0.25) is 28.9 Å². The number of methoxy groups -OCH3 is 1. The summed E-state index contributed by atoms with van der Waals surface area (Å²) in [5.74, 6) is -6.46. The molecule has 21 heteroatoms. The normalized spacial score (nSPS) is 17.8. The molecule has 3 aromatic rings. The van der Waals surface area contributed by atoms with Gasteiger partial charge >= 0.3 is 24.2 Å². The Kier molecular flexibility index (Phi) is 12.2. The zero-order valence-corrected chi connectivity index (χ0v) is 30.7. The van der Waals surface area contributed by atoms with Crippen LogP contribution in [0.15, 0.2) is 63.1 Å². The van der Waals surface area contributed by atoms with Gasteiger partial charge in [0.25, 0.3) is 17.5 Å². The summed E-state index contributed by atoms with van der Waals surface area (Å²) >= 11 is 1.01. The summed E-state index contributed by atoms with van der Waals surface area (Å²) in [4.78, 5) is 104. The highest BCUT2D eigenvalue weighted by Crippen LogP contribution is 2.47. The highest BCUT2D eigenvalue weighted by atomic mass is 32.2. The first-order chi connectivity index (χ1) is 26.6. The summed E-state index contributed by atoms with van der Waals surface area (Å²) in [6, 6.07) is 5.29. The number of carbonyl (C=O) groups is 7. The van der Waals surface area contributed by atoms with Crippen LogP contribution in [0.5, 0.6) is 17.2 Å². The van der Waals surface area contributed by atoms with E-state index in [0.717, 1.165) is 49.1 Å². The molecular weight excluding hydrogens is 766 g/mol. The van der Waals surface area contributed by atoms with E-state index in [9.17, 15) is 48.6 Å². The number of phenols is 1. The fourth-order valence-electron chi connectivity index (χ4n) is 5.60. The van der Waals surface area contributed by atoms with Crippen LogP contribution >= 0.6 is 11.8 Å². The number of ether oxygens (including phenoxy) is 6. The molecule has 20 nitrogen and oxygen atoms in total. The van der Waals surface area contributed by atoms with Crippen LogP contribution in [-0.4, -0.2) is 101 Å². The minimum absolute atomic E-state index is 0.0246. The van der Waals surface area contributed by atoms with E-state index in [1.54, 1.807) is 0 Å². The maximum atomic E-state index is 14.1. The van der Waals surface area contributed by atoms with Crippen LogP contribution < -0.4 is 25.5 Å². The summed E-state index contributed by atoms with van der Waals surface area (Å²) in [5.41, 5.74) is -4.27. The number of aliphatic carboxylic acids is 1. The number of aromatic hydroxyl groups is 1. The largest absolute Gasteiger partial charge is 0.513 e. The molecule has 1 unspecified atom stereocenters. The van der Waals surface area contributed by atoms with Crippen LogP contribution in [-0.2, 0) is 38.1 Å². The van der Waals surface area contributed by atoms with Crippen molar-refractivity contribution in [2.45, 2.75) is 37.9 Å². The Hall–Kier alpha value is -6.61.